The Balaban J connectivity index is 1.70. The molecule has 0 spiro atoms. The fourth-order valence-corrected chi connectivity index (χ4v) is 5.11. The maximum absolute atomic E-state index is 12.7. The van der Waals surface area contributed by atoms with Crippen molar-refractivity contribution >= 4 is 16.8 Å². The molecule has 1 saturated heterocycles. The number of esters is 1. The van der Waals surface area contributed by atoms with Gasteiger partial charge < -0.3 is 4.74 Å². The van der Waals surface area contributed by atoms with Gasteiger partial charge in [-0.15, -0.1) is 0 Å². The molecule has 1 heterocycles. The third-order valence-electron chi connectivity index (χ3n) is 5.19. The van der Waals surface area contributed by atoms with Crippen LogP contribution >= 0.6 is 0 Å². The van der Waals surface area contributed by atoms with E-state index in [1.807, 2.05) is 44.2 Å². The van der Waals surface area contributed by atoms with Gasteiger partial charge in [0.25, 0.3) is 0 Å². The van der Waals surface area contributed by atoms with Crippen LogP contribution in [0.25, 0.3) is 0 Å². The van der Waals surface area contributed by atoms with E-state index in [-0.39, 0.29) is 18.0 Å². The van der Waals surface area contributed by atoms with Crippen molar-refractivity contribution in [1.29, 1.82) is 0 Å². The van der Waals surface area contributed by atoms with Crippen LogP contribution in [0.1, 0.15) is 40.0 Å². The first kappa shape index (κ1) is 17.6. The smallest absolute Gasteiger partial charge is 0.303 e. The number of hydrogen-bond donors (Lipinski definition) is 0. The van der Waals surface area contributed by atoms with Gasteiger partial charge in [0.1, 0.15) is 17.3 Å². The number of carbonyl (C=O) groups is 1. The summed E-state index contributed by atoms with van der Waals surface area (Å²) < 4.78 is 18.1. The summed E-state index contributed by atoms with van der Waals surface area (Å²) in [4.78, 5) is 23.5. The summed E-state index contributed by atoms with van der Waals surface area (Å²) >= 11 is 0. The van der Waals surface area contributed by atoms with Crippen LogP contribution in [0.5, 0.6) is 0 Å². The van der Waals surface area contributed by atoms with Crippen molar-refractivity contribution in [2.75, 3.05) is 5.75 Å². The Morgan fingerprint density at radius 1 is 1.33 bits per heavy atom. The molecule has 4 unspecified atom stereocenters. The highest BCUT2D eigenvalue weighted by Gasteiger charge is 2.54. The SMILES string of the molecule is CC(=O)OC1(C)CCC2CC1OO[C@]2(C)CS(=O)c1ccccc1. The van der Waals surface area contributed by atoms with Crippen LogP contribution in [0.15, 0.2) is 35.2 Å². The molecule has 0 N–H and O–H groups in total. The first-order valence-electron chi connectivity index (χ1n) is 8.30. The minimum Gasteiger partial charge on any atom is -0.457 e. The molecule has 6 heteroatoms. The first-order chi connectivity index (χ1) is 11.3. The van der Waals surface area contributed by atoms with Gasteiger partial charge in [-0.3, -0.25) is 9.00 Å². The largest absolute Gasteiger partial charge is 0.457 e. The van der Waals surface area contributed by atoms with Crippen molar-refractivity contribution in [3.8, 4) is 0 Å². The molecule has 0 aromatic heterocycles. The van der Waals surface area contributed by atoms with Crippen molar-refractivity contribution in [2.24, 2.45) is 5.92 Å². The molecule has 5 atom stereocenters. The predicted molar refractivity (Wildman–Crippen MR) is 89.6 cm³/mol. The van der Waals surface area contributed by atoms with Gasteiger partial charge in [-0.25, -0.2) is 9.78 Å². The second-order valence-corrected chi connectivity index (χ2v) is 8.61. The fourth-order valence-electron chi connectivity index (χ4n) is 3.68. The van der Waals surface area contributed by atoms with Crippen LogP contribution in [-0.4, -0.2) is 33.2 Å². The lowest BCUT2D eigenvalue weighted by atomic mass is 9.71. The van der Waals surface area contributed by atoms with Gasteiger partial charge in [-0.1, -0.05) is 18.2 Å². The Bertz CT molecular complexity index is 634. The van der Waals surface area contributed by atoms with Crippen LogP contribution < -0.4 is 0 Å². The molecule has 2 fully saturated rings. The van der Waals surface area contributed by atoms with E-state index in [9.17, 15) is 9.00 Å². The van der Waals surface area contributed by atoms with Gasteiger partial charge in [0.2, 0.25) is 0 Å². The lowest BCUT2D eigenvalue weighted by Crippen LogP contribution is -2.59. The molecule has 1 aliphatic heterocycles. The molecule has 2 aliphatic rings. The Labute approximate surface area is 145 Å². The van der Waals surface area contributed by atoms with E-state index < -0.39 is 22.0 Å². The van der Waals surface area contributed by atoms with E-state index in [0.717, 1.165) is 24.2 Å². The highest BCUT2D eigenvalue weighted by molar-refractivity contribution is 7.85. The van der Waals surface area contributed by atoms with Crippen LogP contribution in [-0.2, 0) is 30.1 Å². The summed E-state index contributed by atoms with van der Waals surface area (Å²) in [6.07, 6.45) is 2.04. The molecule has 1 aliphatic carbocycles. The molecule has 1 aromatic carbocycles. The van der Waals surface area contributed by atoms with Crippen LogP contribution in [0, 0.1) is 5.92 Å². The van der Waals surface area contributed by atoms with Crippen molar-refractivity contribution in [2.45, 2.75) is 62.2 Å². The normalized spacial score (nSPS) is 36.8. The summed E-state index contributed by atoms with van der Waals surface area (Å²) in [6.45, 7) is 5.26. The van der Waals surface area contributed by atoms with Gasteiger partial charge in [0, 0.05) is 11.8 Å². The summed E-state index contributed by atoms with van der Waals surface area (Å²) in [6, 6.07) is 9.41. The Morgan fingerprint density at radius 3 is 2.71 bits per heavy atom. The molecular formula is C18H24O5S. The average Bonchev–Trinajstić information content (AvgIpc) is 2.53. The molecule has 5 nitrogen and oxygen atoms in total. The summed E-state index contributed by atoms with van der Waals surface area (Å²) in [5, 5.41) is 0. The zero-order chi connectivity index (χ0) is 17.4. The topological polar surface area (TPSA) is 61.8 Å². The highest BCUT2D eigenvalue weighted by Crippen LogP contribution is 2.47. The Kier molecular flexibility index (Phi) is 4.82. The lowest BCUT2D eigenvalue weighted by molar-refractivity contribution is -0.441. The van der Waals surface area contributed by atoms with E-state index in [2.05, 4.69) is 0 Å². The Hall–Kier alpha value is -1.24. The van der Waals surface area contributed by atoms with Gasteiger partial charge in [0.15, 0.2) is 0 Å². The maximum Gasteiger partial charge on any atom is 0.303 e. The van der Waals surface area contributed by atoms with Crippen molar-refractivity contribution in [1.82, 2.24) is 0 Å². The molecule has 2 bridgehead atoms. The second kappa shape index (κ2) is 6.58. The first-order valence-corrected chi connectivity index (χ1v) is 9.62. The van der Waals surface area contributed by atoms with Crippen LogP contribution in [0.4, 0.5) is 0 Å². The number of benzene rings is 1. The van der Waals surface area contributed by atoms with E-state index in [1.54, 1.807) is 0 Å². The van der Waals surface area contributed by atoms with Gasteiger partial charge in [-0.2, -0.15) is 0 Å². The van der Waals surface area contributed by atoms with Gasteiger partial charge >= 0.3 is 5.97 Å². The number of hydrogen-bond acceptors (Lipinski definition) is 5. The standard InChI is InChI=1S/C18H24O5S/c1-13(19)21-17(2)10-9-14-11-16(17)22-23-18(14,3)12-24(20)15-7-5-4-6-8-15/h4-8,14,16H,9-12H2,1-3H3/t14?,16?,17?,18-,24?/m1/s1. The monoisotopic (exact) mass is 352 g/mol. The fraction of sp³-hybridized carbons (Fsp3) is 0.611. The number of fused-ring (bicyclic) bond motifs is 2. The minimum atomic E-state index is -1.15. The quantitative estimate of drug-likeness (QED) is 0.616. The minimum absolute atomic E-state index is 0.229. The second-order valence-electron chi connectivity index (χ2n) is 7.16. The van der Waals surface area contributed by atoms with E-state index in [1.165, 1.54) is 6.92 Å². The lowest BCUT2D eigenvalue weighted by Gasteiger charge is -2.51. The molecule has 1 aromatic rings. The molecule has 3 rings (SSSR count). The maximum atomic E-state index is 12.7. The third-order valence-corrected chi connectivity index (χ3v) is 6.82. The number of rotatable bonds is 4. The van der Waals surface area contributed by atoms with Crippen LogP contribution in [0.3, 0.4) is 0 Å². The molecular weight excluding hydrogens is 328 g/mol. The average molecular weight is 352 g/mol. The Morgan fingerprint density at radius 2 is 2.04 bits per heavy atom. The van der Waals surface area contributed by atoms with Crippen LogP contribution in [0.2, 0.25) is 0 Å². The molecule has 24 heavy (non-hydrogen) atoms. The van der Waals surface area contributed by atoms with Crippen molar-refractivity contribution in [3.63, 3.8) is 0 Å². The summed E-state index contributed by atoms with van der Waals surface area (Å²) in [5.41, 5.74) is -1.25. The van der Waals surface area contributed by atoms with E-state index in [0.29, 0.717) is 5.75 Å². The van der Waals surface area contributed by atoms with Crippen molar-refractivity contribution in [3.05, 3.63) is 30.3 Å². The van der Waals surface area contributed by atoms with Gasteiger partial charge in [-0.05, 0) is 51.2 Å². The number of carbonyl (C=O) groups excluding carboxylic acids is 1. The molecule has 0 radical (unpaired) electrons. The summed E-state index contributed by atoms with van der Waals surface area (Å²) in [5.74, 6) is 0.309. The van der Waals surface area contributed by atoms with E-state index in [4.69, 9.17) is 14.5 Å². The van der Waals surface area contributed by atoms with E-state index >= 15 is 0 Å². The van der Waals surface area contributed by atoms with Crippen molar-refractivity contribution < 1.29 is 23.5 Å². The molecule has 132 valence electrons. The predicted octanol–water partition coefficient (Wildman–Crippen LogP) is 3.01. The van der Waals surface area contributed by atoms with Gasteiger partial charge in [0.05, 0.1) is 16.6 Å². The number of ether oxygens (including phenoxy) is 1. The molecule has 0 amide bonds. The highest BCUT2D eigenvalue weighted by atomic mass is 32.2. The zero-order valence-corrected chi connectivity index (χ0v) is 15.1. The third kappa shape index (κ3) is 3.41. The molecule has 1 saturated carbocycles. The zero-order valence-electron chi connectivity index (χ0n) is 14.3. The summed E-state index contributed by atoms with van der Waals surface area (Å²) in [7, 11) is -1.15.